The smallest absolute Gasteiger partial charge is 0.0797 e. The van der Waals surface area contributed by atoms with Gasteiger partial charge in [-0.3, -0.25) is 4.98 Å². The third kappa shape index (κ3) is 4.26. The van der Waals surface area contributed by atoms with Crippen LogP contribution in [0.15, 0.2) is 16.7 Å². The van der Waals surface area contributed by atoms with Crippen LogP contribution in [0.25, 0.3) is 0 Å². The van der Waals surface area contributed by atoms with Gasteiger partial charge in [0.2, 0.25) is 0 Å². The molecule has 0 unspecified atom stereocenters. The van der Waals surface area contributed by atoms with Crippen LogP contribution < -0.4 is 5.32 Å². The Hall–Kier alpha value is -0.480. The summed E-state index contributed by atoms with van der Waals surface area (Å²) in [5.74, 6) is 0. The molecule has 15 heavy (non-hydrogen) atoms. The van der Waals surface area contributed by atoms with Gasteiger partial charge in [0.15, 0.2) is 0 Å². The minimum Gasteiger partial charge on any atom is -0.349 e. The predicted octanol–water partition coefficient (Wildman–Crippen LogP) is 4.08. The quantitative estimate of drug-likeness (QED) is 0.845. The maximum absolute atomic E-state index is 5.25. The number of rotatable bonds is 4. The molecule has 82 valence electrons. The Labute approximate surface area is 105 Å². The summed E-state index contributed by atoms with van der Waals surface area (Å²) in [5.41, 5.74) is 1.96. The molecule has 0 bridgehead atoms. The monoisotopic (exact) mass is 286 g/mol. The molecule has 0 saturated heterocycles. The number of thiocarbonyl (C=S) groups is 1. The van der Waals surface area contributed by atoms with Crippen LogP contribution in [0, 0.1) is 6.92 Å². The lowest BCUT2D eigenvalue weighted by molar-refractivity contribution is 0.839. The first-order valence-electron chi connectivity index (χ1n) is 5.05. The van der Waals surface area contributed by atoms with E-state index in [1.165, 1.54) is 0 Å². The van der Waals surface area contributed by atoms with E-state index in [0.717, 1.165) is 40.1 Å². The Bertz CT molecular complexity index is 352. The molecule has 0 fully saturated rings. The summed E-state index contributed by atoms with van der Waals surface area (Å²) in [4.78, 5) is 5.13. The molecule has 0 aliphatic heterocycles. The topological polar surface area (TPSA) is 24.9 Å². The third-order valence-corrected chi connectivity index (χ3v) is 2.82. The van der Waals surface area contributed by atoms with Crippen molar-refractivity contribution < 1.29 is 0 Å². The number of halogens is 1. The van der Waals surface area contributed by atoms with E-state index in [0.29, 0.717) is 0 Å². The SMILES string of the molecule is CCCCC(=S)Nc1cc(Br)cnc1C. The number of unbranched alkanes of at least 4 members (excludes halogenated alkanes) is 1. The summed E-state index contributed by atoms with van der Waals surface area (Å²) in [7, 11) is 0. The Morgan fingerprint density at radius 3 is 3.00 bits per heavy atom. The van der Waals surface area contributed by atoms with E-state index in [1.807, 2.05) is 13.0 Å². The van der Waals surface area contributed by atoms with Gasteiger partial charge in [0, 0.05) is 10.7 Å². The van der Waals surface area contributed by atoms with Crippen LogP contribution >= 0.6 is 28.1 Å². The predicted molar refractivity (Wildman–Crippen MR) is 72.4 cm³/mol. The van der Waals surface area contributed by atoms with Crippen LogP contribution in [0.2, 0.25) is 0 Å². The number of nitrogens with one attached hydrogen (secondary N) is 1. The number of nitrogens with zero attached hydrogens (tertiary/aromatic N) is 1. The summed E-state index contributed by atoms with van der Waals surface area (Å²) in [6.45, 7) is 4.13. The van der Waals surface area contributed by atoms with E-state index in [-0.39, 0.29) is 0 Å². The molecule has 2 nitrogen and oxygen atoms in total. The highest BCUT2D eigenvalue weighted by Gasteiger charge is 2.02. The molecule has 0 aromatic carbocycles. The van der Waals surface area contributed by atoms with Gasteiger partial charge in [-0.05, 0) is 41.8 Å². The van der Waals surface area contributed by atoms with Crippen LogP contribution in [0.5, 0.6) is 0 Å². The first-order chi connectivity index (χ1) is 7.13. The minimum atomic E-state index is 0.889. The van der Waals surface area contributed by atoms with Crippen LogP contribution in [0.4, 0.5) is 5.69 Å². The fraction of sp³-hybridized carbons (Fsp3) is 0.455. The van der Waals surface area contributed by atoms with Gasteiger partial charge < -0.3 is 5.32 Å². The lowest BCUT2D eigenvalue weighted by Crippen LogP contribution is -2.10. The fourth-order valence-electron chi connectivity index (χ4n) is 1.18. The van der Waals surface area contributed by atoms with Crippen LogP contribution in [0.3, 0.4) is 0 Å². The summed E-state index contributed by atoms with van der Waals surface area (Å²) in [6.07, 6.45) is 5.03. The molecular weight excluding hydrogens is 272 g/mol. The summed E-state index contributed by atoms with van der Waals surface area (Å²) < 4.78 is 0.967. The van der Waals surface area contributed by atoms with Gasteiger partial charge in [0.1, 0.15) is 0 Å². The third-order valence-electron chi connectivity index (χ3n) is 2.09. The molecular formula is C11H15BrN2S. The normalized spacial score (nSPS) is 10.1. The van der Waals surface area contributed by atoms with Gasteiger partial charge in [-0.25, -0.2) is 0 Å². The van der Waals surface area contributed by atoms with Gasteiger partial charge >= 0.3 is 0 Å². The molecule has 0 spiro atoms. The molecule has 0 amide bonds. The average Bonchev–Trinajstić information content (AvgIpc) is 2.20. The van der Waals surface area contributed by atoms with Gasteiger partial charge in [-0.2, -0.15) is 0 Å². The Balaban J connectivity index is 2.63. The molecule has 1 aromatic heterocycles. The molecule has 0 aliphatic carbocycles. The zero-order valence-electron chi connectivity index (χ0n) is 9.01. The number of pyridine rings is 1. The molecule has 4 heteroatoms. The van der Waals surface area contributed by atoms with Crippen molar-refractivity contribution in [1.29, 1.82) is 0 Å². The van der Waals surface area contributed by atoms with Crippen LogP contribution in [-0.2, 0) is 0 Å². The van der Waals surface area contributed by atoms with Crippen molar-refractivity contribution in [3.8, 4) is 0 Å². The van der Waals surface area contributed by atoms with E-state index in [1.54, 1.807) is 6.20 Å². The van der Waals surface area contributed by atoms with Crippen molar-refractivity contribution >= 4 is 38.8 Å². The molecule has 1 N–H and O–H groups in total. The largest absolute Gasteiger partial charge is 0.349 e. The first-order valence-corrected chi connectivity index (χ1v) is 6.25. The van der Waals surface area contributed by atoms with Gasteiger partial charge in [-0.15, -0.1) is 0 Å². The summed E-state index contributed by atoms with van der Waals surface area (Å²) >= 11 is 8.64. The Morgan fingerprint density at radius 2 is 2.33 bits per heavy atom. The molecule has 1 heterocycles. The molecule has 1 aromatic rings. The highest BCUT2D eigenvalue weighted by Crippen LogP contribution is 2.18. The second-order valence-electron chi connectivity index (χ2n) is 3.44. The lowest BCUT2D eigenvalue weighted by atomic mass is 10.2. The Morgan fingerprint density at radius 1 is 1.60 bits per heavy atom. The standard InChI is InChI=1S/C11H15BrN2S/c1-3-4-5-11(15)14-10-6-9(12)7-13-8(10)2/h6-7H,3-5H2,1-2H3,(H,14,15). The summed E-state index contributed by atoms with van der Waals surface area (Å²) in [6, 6.07) is 2.00. The van der Waals surface area contributed by atoms with Crippen LogP contribution in [-0.4, -0.2) is 9.97 Å². The van der Waals surface area contributed by atoms with Crippen molar-refractivity contribution in [3.05, 3.63) is 22.4 Å². The second-order valence-corrected chi connectivity index (χ2v) is 4.85. The highest BCUT2D eigenvalue weighted by atomic mass is 79.9. The number of aryl methyl sites for hydroxylation is 1. The van der Waals surface area contributed by atoms with Crippen LogP contribution in [0.1, 0.15) is 31.9 Å². The van der Waals surface area contributed by atoms with E-state index < -0.39 is 0 Å². The lowest BCUT2D eigenvalue weighted by Gasteiger charge is -2.09. The van der Waals surface area contributed by atoms with Gasteiger partial charge in [0.05, 0.1) is 16.4 Å². The number of hydrogen-bond donors (Lipinski definition) is 1. The summed E-state index contributed by atoms with van der Waals surface area (Å²) in [5, 5.41) is 3.22. The van der Waals surface area contributed by atoms with E-state index in [2.05, 4.69) is 33.2 Å². The van der Waals surface area contributed by atoms with Crippen molar-refractivity contribution in [2.75, 3.05) is 5.32 Å². The Kier molecular flexibility index (Phi) is 5.19. The zero-order chi connectivity index (χ0) is 11.3. The van der Waals surface area contributed by atoms with Crippen molar-refractivity contribution in [2.24, 2.45) is 0 Å². The second kappa shape index (κ2) is 6.18. The van der Waals surface area contributed by atoms with E-state index in [4.69, 9.17) is 12.2 Å². The molecule has 0 aliphatic rings. The minimum absolute atomic E-state index is 0.889. The number of anilines is 1. The average molecular weight is 287 g/mol. The maximum Gasteiger partial charge on any atom is 0.0797 e. The van der Waals surface area contributed by atoms with Crippen molar-refractivity contribution in [1.82, 2.24) is 4.98 Å². The van der Waals surface area contributed by atoms with E-state index in [9.17, 15) is 0 Å². The molecule has 0 radical (unpaired) electrons. The fourth-order valence-corrected chi connectivity index (χ4v) is 1.77. The van der Waals surface area contributed by atoms with E-state index >= 15 is 0 Å². The highest BCUT2D eigenvalue weighted by molar-refractivity contribution is 9.10. The maximum atomic E-state index is 5.25. The molecule has 0 atom stereocenters. The first kappa shape index (κ1) is 12.6. The van der Waals surface area contributed by atoms with Crippen molar-refractivity contribution in [2.45, 2.75) is 33.1 Å². The van der Waals surface area contributed by atoms with Gasteiger partial charge in [0.25, 0.3) is 0 Å². The van der Waals surface area contributed by atoms with Gasteiger partial charge in [-0.1, -0.05) is 25.6 Å². The molecule has 1 rings (SSSR count). The van der Waals surface area contributed by atoms with Crippen molar-refractivity contribution in [3.63, 3.8) is 0 Å². The number of hydrogen-bond acceptors (Lipinski definition) is 2. The number of aromatic nitrogens is 1. The molecule has 0 saturated carbocycles. The zero-order valence-corrected chi connectivity index (χ0v) is 11.4.